The number of nitrogens with zero attached hydrogens (tertiary/aromatic N) is 2. The largest absolute Gasteiger partial charge is 0.339 e. The molecule has 0 spiro atoms. The minimum atomic E-state index is -0.103. The quantitative estimate of drug-likeness (QED) is 0.720. The normalized spacial score (nSPS) is 10.5. The van der Waals surface area contributed by atoms with Gasteiger partial charge >= 0.3 is 0 Å². The van der Waals surface area contributed by atoms with Crippen LogP contribution in [0.2, 0.25) is 5.02 Å². The first-order valence-electron chi connectivity index (χ1n) is 8.79. The maximum Gasteiger partial charge on any atom is 0.224 e. The highest BCUT2D eigenvalue weighted by Crippen LogP contribution is 2.27. The van der Waals surface area contributed by atoms with Crippen LogP contribution in [0.15, 0.2) is 48.5 Å². The van der Waals surface area contributed by atoms with Crippen LogP contribution in [-0.4, -0.2) is 29.8 Å². The van der Waals surface area contributed by atoms with Gasteiger partial charge in [0.1, 0.15) is 0 Å². The third kappa shape index (κ3) is 5.09. The molecule has 0 aromatic heterocycles. The summed E-state index contributed by atoms with van der Waals surface area (Å²) in [6.45, 7) is 6.89. The van der Waals surface area contributed by atoms with E-state index in [0.717, 1.165) is 16.8 Å². The van der Waals surface area contributed by atoms with Gasteiger partial charge in [0.15, 0.2) is 0 Å². The molecule has 0 radical (unpaired) electrons. The molecule has 0 aliphatic carbocycles. The zero-order valence-electron chi connectivity index (χ0n) is 15.5. The zero-order valence-corrected chi connectivity index (χ0v) is 16.3. The van der Waals surface area contributed by atoms with Gasteiger partial charge in [-0.3, -0.25) is 9.59 Å². The van der Waals surface area contributed by atoms with Gasteiger partial charge in [-0.1, -0.05) is 48.0 Å². The second-order valence-electron chi connectivity index (χ2n) is 6.20. The molecule has 0 heterocycles. The molecule has 2 amide bonds. The molecule has 0 unspecified atom stereocenters. The number of carbonyl (C=O) groups is 2. The van der Waals surface area contributed by atoms with E-state index in [2.05, 4.69) is 0 Å². The molecule has 0 aliphatic heterocycles. The molecule has 2 aromatic carbocycles. The highest BCUT2D eigenvalue weighted by atomic mass is 35.5. The SMILES string of the molecule is CCN(Cc1ccccc1)C(=O)CCN(C(C)=O)c1cccc(Cl)c1C. The van der Waals surface area contributed by atoms with Crippen molar-refractivity contribution in [1.82, 2.24) is 4.90 Å². The first-order chi connectivity index (χ1) is 12.4. The van der Waals surface area contributed by atoms with Crippen LogP contribution < -0.4 is 4.90 Å². The summed E-state index contributed by atoms with van der Waals surface area (Å²) in [5.41, 5.74) is 2.69. The lowest BCUT2D eigenvalue weighted by Gasteiger charge is -2.26. The zero-order chi connectivity index (χ0) is 19.1. The van der Waals surface area contributed by atoms with Crippen LogP contribution in [0.3, 0.4) is 0 Å². The molecule has 0 saturated carbocycles. The molecule has 0 aliphatic rings. The summed E-state index contributed by atoms with van der Waals surface area (Å²) in [4.78, 5) is 28.2. The summed E-state index contributed by atoms with van der Waals surface area (Å²) >= 11 is 6.18. The standard InChI is InChI=1S/C21H25ClN2O2/c1-4-23(15-18-9-6-5-7-10-18)21(26)13-14-24(17(3)25)20-12-8-11-19(22)16(20)2/h5-12H,4,13-15H2,1-3H3. The van der Waals surface area contributed by atoms with E-state index in [0.29, 0.717) is 24.7 Å². The highest BCUT2D eigenvalue weighted by molar-refractivity contribution is 6.31. The van der Waals surface area contributed by atoms with Gasteiger partial charge in [0.25, 0.3) is 0 Å². The molecule has 4 nitrogen and oxygen atoms in total. The lowest BCUT2D eigenvalue weighted by molar-refractivity contribution is -0.131. The highest BCUT2D eigenvalue weighted by Gasteiger charge is 2.19. The van der Waals surface area contributed by atoms with Gasteiger partial charge in [-0.2, -0.15) is 0 Å². The first kappa shape index (κ1) is 20.0. The maximum absolute atomic E-state index is 12.7. The van der Waals surface area contributed by atoms with Gasteiger partial charge in [-0.05, 0) is 37.1 Å². The molecular weight excluding hydrogens is 348 g/mol. The van der Waals surface area contributed by atoms with E-state index >= 15 is 0 Å². The monoisotopic (exact) mass is 372 g/mol. The van der Waals surface area contributed by atoms with Gasteiger partial charge in [0.05, 0.1) is 0 Å². The van der Waals surface area contributed by atoms with E-state index in [-0.39, 0.29) is 18.2 Å². The van der Waals surface area contributed by atoms with Crippen molar-refractivity contribution in [1.29, 1.82) is 0 Å². The molecule has 0 fully saturated rings. The van der Waals surface area contributed by atoms with Crippen molar-refractivity contribution in [2.24, 2.45) is 0 Å². The third-order valence-electron chi connectivity index (χ3n) is 4.41. The van der Waals surface area contributed by atoms with E-state index in [9.17, 15) is 9.59 Å². The van der Waals surface area contributed by atoms with Crippen LogP contribution in [0.25, 0.3) is 0 Å². The molecule has 5 heteroatoms. The molecule has 0 bridgehead atoms. The van der Waals surface area contributed by atoms with Gasteiger partial charge in [0, 0.05) is 43.7 Å². The van der Waals surface area contributed by atoms with Crippen LogP contribution in [0.1, 0.15) is 31.4 Å². The third-order valence-corrected chi connectivity index (χ3v) is 4.82. The van der Waals surface area contributed by atoms with Crippen molar-refractivity contribution in [3.63, 3.8) is 0 Å². The number of hydrogen-bond donors (Lipinski definition) is 0. The summed E-state index contributed by atoms with van der Waals surface area (Å²) in [7, 11) is 0. The average Bonchev–Trinajstić information content (AvgIpc) is 2.63. The Kier molecular flexibility index (Phi) is 7.22. The van der Waals surface area contributed by atoms with Crippen molar-refractivity contribution in [2.45, 2.75) is 33.7 Å². The Bertz CT molecular complexity index is 762. The topological polar surface area (TPSA) is 40.6 Å². The molecule has 26 heavy (non-hydrogen) atoms. The second-order valence-corrected chi connectivity index (χ2v) is 6.61. The number of halogens is 1. The van der Waals surface area contributed by atoms with Gasteiger partial charge in [0.2, 0.25) is 11.8 Å². The van der Waals surface area contributed by atoms with Gasteiger partial charge in [-0.15, -0.1) is 0 Å². The Morgan fingerprint density at radius 3 is 2.35 bits per heavy atom. The summed E-state index contributed by atoms with van der Waals surface area (Å²) < 4.78 is 0. The molecule has 0 N–H and O–H groups in total. The van der Waals surface area contributed by atoms with Crippen molar-refractivity contribution < 1.29 is 9.59 Å². The number of carbonyl (C=O) groups excluding carboxylic acids is 2. The predicted octanol–water partition coefficient (Wildman–Crippen LogP) is 4.44. The fourth-order valence-corrected chi connectivity index (χ4v) is 3.05. The summed E-state index contributed by atoms with van der Waals surface area (Å²) in [5, 5.41) is 0.610. The van der Waals surface area contributed by atoms with E-state index in [1.807, 2.05) is 56.3 Å². The Morgan fingerprint density at radius 2 is 1.73 bits per heavy atom. The van der Waals surface area contributed by atoms with Gasteiger partial charge < -0.3 is 9.80 Å². The number of hydrogen-bond acceptors (Lipinski definition) is 2. The van der Waals surface area contributed by atoms with E-state index < -0.39 is 0 Å². The Morgan fingerprint density at radius 1 is 1.04 bits per heavy atom. The Labute approximate surface area is 160 Å². The molecule has 0 atom stereocenters. The first-order valence-corrected chi connectivity index (χ1v) is 9.16. The number of benzene rings is 2. The number of amides is 2. The molecule has 0 saturated heterocycles. The molecular formula is C21H25ClN2O2. The van der Waals surface area contributed by atoms with E-state index in [1.54, 1.807) is 15.9 Å². The molecule has 2 rings (SSSR count). The lowest BCUT2D eigenvalue weighted by atomic mass is 10.1. The van der Waals surface area contributed by atoms with Crippen LogP contribution in [0, 0.1) is 6.92 Å². The fourth-order valence-electron chi connectivity index (χ4n) is 2.88. The number of anilines is 1. The van der Waals surface area contributed by atoms with Crippen molar-refractivity contribution in [3.05, 3.63) is 64.7 Å². The average molecular weight is 373 g/mol. The van der Waals surface area contributed by atoms with Crippen molar-refractivity contribution >= 4 is 29.1 Å². The summed E-state index contributed by atoms with van der Waals surface area (Å²) in [5.74, 6) is -0.0726. The Hall–Kier alpha value is -2.33. The minimum absolute atomic E-state index is 0.0299. The van der Waals surface area contributed by atoms with Crippen molar-refractivity contribution in [2.75, 3.05) is 18.0 Å². The van der Waals surface area contributed by atoms with E-state index in [1.165, 1.54) is 6.92 Å². The predicted molar refractivity (Wildman–Crippen MR) is 106 cm³/mol. The molecule has 2 aromatic rings. The second kappa shape index (κ2) is 9.39. The summed E-state index contributed by atoms with van der Waals surface area (Å²) in [6.07, 6.45) is 0.270. The van der Waals surface area contributed by atoms with Gasteiger partial charge in [-0.25, -0.2) is 0 Å². The smallest absolute Gasteiger partial charge is 0.224 e. The van der Waals surface area contributed by atoms with Crippen LogP contribution in [0.5, 0.6) is 0 Å². The Balaban J connectivity index is 2.06. The van der Waals surface area contributed by atoms with E-state index in [4.69, 9.17) is 11.6 Å². The lowest BCUT2D eigenvalue weighted by Crippen LogP contribution is -2.36. The molecule has 138 valence electrons. The van der Waals surface area contributed by atoms with Crippen molar-refractivity contribution in [3.8, 4) is 0 Å². The number of rotatable bonds is 7. The summed E-state index contributed by atoms with van der Waals surface area (Å²) in [6, 6.07) is 15.4. The maximum atomic E-state index is 12.7. The minimum Gasteiger partial charge on any atom is -0.339 e. The fraction of sp³-hybridized carbons (Fsp3) is 0.333. The van der Waals surface area contributed by atoms with Crippen LogP contribution in [0.4, 0.5) is 5.69 Å². The van der Waals surface area contributed by atoms with Crippen LogP contribution >= 0.6 is 11.6 Å². The van der Waals surface area contributed by atoms with Crippen LogP contribution in [-0.2, 0) is 16.1 Å².